The first-order chi connectivity index (χ1) is 7.13. The molecule has 0 aliphatic rings. The van der Waals surface area contributed by atoms with E-state index >= 15 is 0 Å². The highest BCUT2D eigenvalue weighted by atomic mass is 79.9. The van der Waals surface area contributed by atoms with Gasteiger partial charge in [0.05, 0.1) is 11.1 Å². The highest BCUT2D eigenvalue weighted by Gasteiger charge is 2.37. The zero-order chi connectivity index (χ0) is 12.6. The van der Waals surface area contributed by atoms with E-state index in [1.165, 1.54) is 0 Å². The molecule has 0 bridgehead atoms. The third-order valence-corrected chi connectivity index (χ3v) is 8.37. The molecule has 16 heavy (non-hydrogen) atoms. The molecule has 0 aromatic carbocycles. The van der Waals surface area contributed by atoms with Gasteiger partial charge in [-0.15, -0.1) is 0 Å². The molecule has 5 heteroatoms. The molecule has 0 aliphatic heterocycles. The number of rotatable bonds is 3. The smallest absolute Gasteiger partial charge is 0.192 e. The minimum absolute atomic E-state index is 0.244. The summed E-state index contributed by atoms with van der Waals surface area (Å²) in [6.45, 7) is 11.8. The fourth-order valence-corrected chi connectivity index (χ4v) is 2.49. The van der Waals surface area contributed by atoms with Gasteiger partial charge in [0.15, 0.2) is 8.32 Å². The number of hydrogen-bond donors (Lipinski definition) is 0. The van der Waals surface area contributed by atoms with E-state index < -0.39 is 8.32 Å². The maximum atomic E-state index is 6.11. The summed E-state index contributed by atoms with van der Waals surface area (Å²) in [6.07, 6.45) is 1.95. The number of hydrogen-bond acceptors (Lipinski definition) is 2. The van der Waals surface area contributed by atoms with Gasteiger partial charge in [-0.1, -0.05) is 20.8 Å². The van der Waals surface area contributed by atoms with Crippen molar-refractivity contribution in [3.05, 3.63) is 16.4 Å². The van der Waals surface area contributed by atoms with Crippen LogP contribution in [0.1, 0.15) is 26.5 Å². The van der Waals surface area contributed by atoms with Crippen LogP contribution >= 0.6 is 15.9 Å². The van der Waals surface area contributed by atoms with Gasteiger partial charge in [-0.25, -0.2) is 0 Å². The van der Waals surface area contributed by atoms with Gasteiger partial charge < -0.3 is 4.43 Å². The van der Waals surface area contributed by atoms with Crippen LogP contribution in [-0.2, 0) is 18.1 Å². The minimum Gasteiger partial charge on any atom is -0.411 e. The molecule has 0 atom stereocenters. The van der Waals surface area contributed by atoms with E-state index in [0.717, 1.165) is 10.2 Å². The lowest BCUT2D eigenvalue weighted by Crippen LogP contribution is -2.40. The maximum Gasteiger partial charge on any atom is 0.192 e. The highest BCUT2D eigenvalue weighted by Crippen LogP contribution is 2.37. The summed E-state index contributed by atoms with van der Waals surface area (Å²) in [6, 6.07) is 0. The second kappa shape index (κ2) is 4.62. The van der Waals surface area contributed by atoms with Crippen LogP contribution in [0.4, 0.5) is 0 Å². The highest BCUT2D eigenvalue weighted by molar-refractivity contribution is 9.10. The van der Waals surface area contributed by atoms with Crippen molar-refractivity contribution in [1.82, 2.24) is 9.78 Å². The normalized spacial score (nSPS) is 13.2. The van der Waals surface area contributed by atoms with E-state index in [1.807, 2.05) is 13.2 Å². The fourth-order valence-electron chi connectivity index (χ4n) is 1.07. The number of aryl methyl sites for hydroxylation is 1. The van der Waals surface area contributed by atoms with Gasteiger partial charge in [-0.2, -0.15) is 5.10 Å². The molecule has 1 aromatic heterocycles. The van der Waals surface area contributed by atoms with E-state index in [0.29, 0.717) is 6.61 Å². The molecule has 1 aromatic rings. The van der Waals surface area contributed by atoms with Crippen LogP contribution in [0.25, 0.3) is 0 Å². The molecule has 0 fully saturated rings. The Morgan fingerprint density at radius 2 is 2.00 bits per heavy atom. The summed E-state index contributed by atoms with van der Waals surface area (Å²) in [5.74, 6) is 0. The van der Waals surface area contributed by atoms with Crippen LogP contribution in [0.3, 0.4) is 0 Å². The minimum atomic E-state index is -1.67. The van der Waals surface area contributed by atoms with Crippen LogP contribution in [0, 0.1) is 0 Å². The molecule has 0 spiro atoms. The molecule has 0 N–H and O–H groups in total. The number of nitrogens with zero attached hydrogens (tertiary/aromatic N) is 2. The molecule has 0 saturated heterocycles. The third-order valence-electron chi connectivity index (χ3n) is 3.23. The third kappa shape index (κ3) is 3.18. The van der Waals surface area contributed by atoms with Gasteiger partial charge in [0.1, 0.15) is 5.69 Å². The van der Waals surface area contributed by atoms with E-state index in [1.54, 1.807) is 4.68 Å². The molecule has 0 unspecified atom stereocenters. The van der Waals surface area contributed by atoms with Crippen LogP contribution in [0.2, 0.25) is 18.1 Å². The Kier molecular flexibility index (Phi) is 4.02. The Balaban J connectivity index is 2.68. The average molecular weight is 305 g/mol. The van der Waals surface area contributed by atoms with Gasteiger partial charge in [0.25, 0.3) is 0 Å². The van der Waals surface area contributed by atoms with Gasteiger partial charge in [0, 0.05) is 13.2 Å². The number of halogens is 1. The monoisotopic (exact) mass is 304 g/mol. The predicted molar refractivity (Wildman–Crippen MR) is 72.9 cm³/mol. The van der Waals surface area contributed by atoms with Crippen LogP contribution in [0.5, 0.6) is 0 Å². The Hall–Kier alpha value is -0.133. The van der Waals surface area contributed by atoms with Crippen molar-refractivity contribution < 1.29 is 4.43 Å². The van der Waals surface area contributed by atoms with E-state index in [2.05, 4.69) is 54.9 Å². The van der Waals surface area contributed by atoms with Gasteiger partial charge in [0.2, 0.25) is 0 Å². The summed E-state index contributed by atoms with van der Waals surface area (Å²) in [5, 5.41) is 4.61. The van der Waals surface area contributed by atoms with Gasteiger partial charge in [-0.05, 0) is 34.1 Å². The molecule has 3 nitrogen and oxygen atoms in total. The summed E-state index contributed by atoms with van der Waals surface area (Å²) >= 11 is 3.49. The average Bonchev–Trinajstić information content (AvgIpc) is 2.39. The van der Waals surface area contributed by atoms with Crippen molar-refractivity contribution in [2.24, 2.45) is 7.05 Å². The first-order valence-corrected chi connectivity index (χ1v) is 9.15. The van der Waals surface area contributed by atoms with Crippen molar-refractivity contribution in [1.29, 1.82) is 0 Å². The van der Waals surface area contributed by atoms with Crippen molar-refractivity contribution >= 4 is 24.2 Å². The standard InChI is InChI=1S/C11H21BrN2OSi/c1-11(2,3)16(5,6)15-8-10-9(12)7-14(4)13-10/h7H,8H2,1-6H3. The number of aromatic nitrogens is 2. The van der Waals surface area contributed by atoms with Crippen molar-refractivity contribution in [3.63, 3.8) is 0 Å². The first kappa shape index (κ1) is 13.9. The van der Waals surface area contributed by atoms with Gasteiger partial charge >= 0.3 is 0 Å². The molecule has 1 rings (SSSR count). The van der Waals surface area contributed by atoms with E-state index in [4.69, 9.17) is 4.43 Å². The first-order valence-electron chi connectivity index (χ1n) is 5.45. The Bertz CT molecular complexity index is 369. The zero-order valence-corrected chi connectivity index (χ0v) is 13.6. The van der Waals surface area contributed by atoms with Crippen molar-refractivity contribution in [2.45, 2.75) is 45.5 Å². The lowest BCUT2D eigenvalue weighted by Gasteiger charge is -2.35. The molecule has 0 amide bonds. The van der Waals surface area contributed by atoms with Crippen LogP contribution in [-0.4, -0.2) is 18.1 Å². The topological polar surface area (TPSA) is 27.1 Å². The molecule has 0 aliphatic carbocycles. The summed E-state index contributed by atoms with van der Waals surface area (Å²) < 4.78 is 8.93. The fraction of sp³-hybridized carbons (Fsp3) is 0.727. The molecule has 0 saturated carbocycles. The molecular weight excluding hydrogens is 284 g/mol. The predicted octanol–water partition coefficient (Wildman–Crippen LogP) is 3.70. The molecule has 0 radical (unpaired) electrons. The van der Waals surface area contributed by atoms with Gasteiger partial charge in [-0.3, -0.25) is 4.68 Å². The van der Waals surface area contributed by atoms with E-state index in [-0.39, 0.29) is 5.04 Å². The quantitative estimate of drug-likeness (QED) is 0.796. The Labute approximate surface area is 107 Å². The Morgan fingerprint density at radius 3 is 2.38 bits per heavy atom. The molecule has 1 heterocycles. The summed E-state index contributed by atoms with van der Waals surface area (Å²) in [5.41, 5.74) is 0.979. The second-order valence-corrected chi connectivity index (χ2v) is 11.3. The summed E-state index contributed by atoms with van der Waals surface area (Å²) in [4.78, 5) is 0. The largest absolute Gasteiger partial charge is 0.411 e. The van der Waals surface area contributed by atoms with Crippen LogP contribution < -0.4 is 0 Å². The zero-order valence-electron chi connectivity index (χ0n) is 11.0. The SMILES string of the molecule is Cn1cc(Br)c(CO[Si](C)(C)C(C)(C)C)n1. The lowest BCUT2D eigenvalue weighted by atomic mass is 10.2. The molecular formula is C11H21BrN2OSi. The van der Waals surface area contributed by atoms with Crippen molar-refractivity contribution in [2.75, 3.05) is 0 Å². The second-order valence-electron chi connectivity index (χ2n) is 5.65. The van der Waals surface area contributed by atoms with Crippen molar-refractivity contribution in [3.8, 4) is 0 Å². The Morgan fingerprint density at radius 1 is 1.44 bits per heavy atom. The summed E-state index contributed by atoms with van der Waals surface area (Å²) in [7, 11) is 0.246. The van der Waals surface area contributed by atoms with Crippen LogP contribution in [0.15, 0.2) is 10.7 Å². The van der Waals surface area contributed by atoms with E-state index in [9.17, 15) is 0 Å². The lowest BCUT2D eigenvalue weighted by molar-refractivity contribution is 0.270. The molecule has 92 valence electrons. The maximum absolute atomic E-state index is 6.11.